The summed E-state index contributed by atoms with van der Waals surface area (Å²) in [5.74, 6) is 2.56. The third-order valence-electron chi connectivity index (χ3n) is 4.91. The van der Waals surface area contributed by atoms with Gasteiger partial charge in [0.2, 0.25) is 0 Å². The van der Waals surface area contributed by atoms with Crippen molar-refractivity contribution in [2.75, 3.05) is 6.61 Å². The quantitative estimate of drug-likeness (QED) is 0.385. The molecule has 0 atom stereocenters. The molecule has 0 bridgehead atoms. The maximum atomic E-state index is 5.96. The summed E-state index contributed by atoms with van der Waals surface area (Å²) in [7, 11) is 0. The summed E-state index contributed by atoms with van der Waals surface area (Å²) in [6.45, 7) is 8.12. The molecule has 0 aliphatic carbocycles. The van der Waals surface area contributed by atoms with E-state index in [2.05, 4.69) is 55.7 Å². The number of hydrogen-bond acceptors (Lipinski definition) is 3. The third-order valence-corrected chi connectivity index (χ3v) is 4.91. The molecule has 0 saturated heterocycles. The van der Waals surface area contributed by atoms with Crippen molar-refractivity contribution in [2.45, 2.75) is 39.2 Å². The number of furan rings is 1. The molecule has 0 aliphatic rings. The second-order valence-electron chi connectivity index (χ2n) is 8.03. The highest BCUT2D eigenvalue weighted by molar-refractivity contribution is 5.79. The fraction of sp³-hybridized carbons (Fsp3) is 0.292. The molecule has 0 amide bonds. The molecule has 0 saturated carbocycles. The minimum absolute atomic E-state index is 0.156. The topological polar surface area (TPSA) is 40.2 Å². The van der Waals surface area contributed by atoms with Crippen LogP contribution in [0.5, 0.6) is 5.75 Å². The number of nitrogens with zero attached hydrogens (tertiary/aromatic N) is 2. The Balaban J connectivity index is 1.44. The molecule has 0 radical (unpaired) electrons. The van der Waals surface area contributed by atoms with Gasteiger partial charge in [-0.15, -0.1) is 0 Å². The van der Waals surface area contributed by atoms with E-state index in [-0.39, 0.29) is 5.41 Å². The van der Waals surface area contributed by atoms with Crippen molar-refractivity contribution >= 4 is 11.0 Å². The molecule has 0 unspecified atom stereocenters. The maximum Gasteiger partial charge on any atom is 0.177 e. The number of hydrogen-bond donors (Lipinski definition) is 0. The Morgan fingerprint density at radius 2 is 1.75 bits per heavy atom. The highest BCUT2D eigenvalue weighted by Crippen LogP contribution is 2.26. The zero-order chi connectivity index (χ0) is 19.6. The number of aromatic nitrogens is 2. The Labute approximate surface area is 165 Å². The van der Waals surface area contributed by atoms with E-state index in [0.29, 0.717) is 6.61 Å². The number of para-hydroxylation sites is 2. The van der Waals surface area contributed by atoms with Crippen LogP contribution in [-0.2, 0) is 12.0 Å². The summed E-state index contributed by atoms with van der Waals surface area (Å²) in [6.07, 6.45) is 2.57. The molecule has 0 spiro atoms. The second-order valence-corrected chi connectivity index (χ2v) is 8.03. The number of aryl methyl sites for hydroxylation is 1. The molecule has 4 nitrogen and oxygen atoms in total. The van der Waals surface area contributed by atoms with Gasteiger partial charge in [0.1, 0.15) is 5.75 Å². The van der Waals surface area contributed by atoms with Gasteiger partial charge in [-0.2, -0.15) is 0 Å². The van der Waals surface area contributed by atoms with Crippen LogP contribution >= 0.6 is 0 Å². The fourth-order valence-electron chi connectivity index (χ4n) is 3.36. The molecule has 0 fully saturated rings. The highest BCUT2D eigenvalue weighted by atomic mass is 16.5. The van der Waals surface area contributed by atoms with E-state index in [4.69, 9.17) is 14.1 Å². The highest BCUT2D eigenvalue weighted by Gasteiger charge is 2.15. The molecular formula is C24H26N2O2. The van der Waals surface area contributed by atoms with Crippen molar-refractivity contribution in [3.8, 4) is 17.3 Å². The average molecular weight is 374 g/mol. The van der Waals surface area contributed by atoms with Gasteiger partial charge >= 0.3 is 0 Å². The number of fused-ring (bicyclic) bond motifs is 1. The van der Waals surface area contributed by atoms with Crippen LogP contribution in [0.25, 0.3) is 22.6 Å². The van der Waals surface area contributed by atoms with Crippen LogP contribution in [0.15, 0.2) is 71.3 Å². The predicted molar refractivity (Wildman–Crippen MR) is 113 cm³/mol. The summed E-state index contributed by atoms with van der Waals surface area (Å²) in [5.41, 5.74) is 3.56. The first-order valence-corrected chi connectivity index (χ1v) is 9.75. The molecular weight excluding hydrogens is 348 g/mol. The predicted octanol–water partition coefficient (Wildman–Crippen LogP) is 6.06. The van der Waals surface area contributed by atoms with Gasteiger partial charge in [0.05, 0.1) is 23.9 Å². The van der Waals surface area contributed by atoms with Crippen molar-refractivity contribution in [2.24, 2.45) is 0 Å². The maximum absolute atomic E-state index is 5.96. The van der Waals surface area contributed by atoms with Crippen molar-refractivity contribution in [1.29, 1.82) is 0 Å². The lowest BCUT2D eigenvalue weighted by atomic mass is 9.87. The molecule has 0 aliphatic heterocycles. The lowest BCUT2D eigenvalue weighted by Crippen LogP contribution is -2.10. The van der Waals surface area contributed by atoms with Gasteiger partial charge in [0.15, 0.2) is 11.6 Å². The number of benzene rings is 2. The molecule has 2 heterocycles. The van der Waals surface area contributed by atoms with Crippen molar-refractivity contribution in [1.82, 2.24) is 9.55 Å². The minimum Gasteiger partial charge on any atom is -0.494 e. The fourth-order valence-corrected chi connectivity index (χ4v) is 3.36. The first-order chi connectivity index (χ1) is 13.5. The largest absolute Gasteiger partial charge is 0.494 e. The summed E-state index contributed by atoms with van der Waals surface area (Å²) in [6, 6.07) is 20.4. The van der Waals surface area contributed by atoms with Crippen LogP contribution < -0.4 is 4.74 Å². The Kier molecular flexibility index (Phi) is 4.95. The Morgan fingerprint density at radius 3 is 2.46 bits per heavy atom. The van der Waals surface area contributed by atoms with E-state index in [1.807, 2.05) is 30.3 Å². The van der Waals surface area contributed by atoms with E-state index in [1.165, 1.54) is 5.56 Å². The molecule has 4 rings (SSSR count). The summed E-state index contributed by atoms with van der Waals surface area (Å²) >= 11 is 0. The molecule has 2 aromatic heterocycles. The molecule has 4 aromatic rings. The summed E-state index contributed by atoms with van der Waals surface area (Å²) in [5, 5.41) is 0. The average Bonchev–Trinajstić information content (AvgIpc) is 3.33. The van der Waals surface area contributed by atoms with Crippen LogP contribution in [0.2, 0.25) is 0 Å². The third kappa shape index (κ3) is 3.81. The van der Waals surface area contributed by atoms with Gasteiger partial charge in [0.25, 0.3) is 0 Å². The number of imidazole rings is 1. The molecule has 0 N–H and O–H groups in total. The SMILES string of the molecule is CC(C)(C)c1ccc(OCCCn2c(-c3ccco3)nc3ccccc32)cc1. The van der Waals surface area contributed by atoms with E-state index < -0.39 is 0 Å². The monoisotopic (exact) mass is 374 g/mol. The van der Waals surface area contributed by atoms with Crippen molar-refractivity contribution in [3.05, 3.63) is 72.5 Å². The van der Waals surface area contributed by atoms with Gasteiger partial charge in [-0.3, -0.25) is 0 Å². The van der Waals surface area contributed by atoms with Crippen LogP contribution in [-0.4, -0.2) is 16.2 Å². The smallest absolute Gasteiger partial charge is 0.177 e. The van der Waals surface area contributed by atoms with E-state index in [0.717, 1.165) is 41.3 Å². The van der Waals surface area contributed by atoms with Crippen molar-refractivity contribution in [3.63, 3.8) is 0 Å². The summed E-state index contributed by atoms with van der Waals surface area (Å²) < 4.78 is 13.8. The molecule has 2 aromatic carbocycles. The second kappa shape index (κ2) is 7.55. The molecule has 4 heteroatoms. The minimum atomic E-state index is 0.156. The zero-order valence-corrected chi connectivity index (χ0v) is 16.7. The van der Waals surface area contributed by atoms with E-state index in [1.54, 1.807) is 6.26 Å². The first-order valence-electron chi connectivity index (χ1n) is 9.75. The number of ether oxygens (including phenoxy) is 1. The van der Waals surface area contributed by atoms with Crippen LogP contribution in [0.1, 0.15) is 32.8 Å². The van der Waals surface area contributed by atoms with Crippen LogP contribution in [0, 0.1) is 0 Å². The lowest BCUT2D eigenvalue weighted by Gasteiger charge is -2.19. The molecule has 144 valence electrons. The van der Waals surface area contributed by atoms with Crippen molar-refractivity contribution < 1.29 is 9.15 Å². The first kappa shape index (κ1) is 18.4. The Morgan fingerprint density at radius 1 is 0.964 bits per heavy atom. The summed E-state index contributed by atoms with van der Waals surface area (Å²) in [4.78, 5) is 4.75. The van der Waals surface area contributed by atoms with Gasteiger partial charge in [-0.05, 0) is 53.8 Å². The molecule has 28 heavy (non-hydrogen) atoms. The normalized spacial score (nSPS) is 11.8. The Bertz CT molecular complexity index is 1040. The van der Waals surface area contributed by atoms with Gasteiger partial charge in [-0.25, -0.2) is 4.98 Å². The van der Waals surface area contributed by atoms with Gasteiger partial charge in [-0.1, -0.05) is 45.0 Å². The van der Waals surface area contributed by atoms with E-state index >= 15 is 0 Å². The van der Waals surface area contributed by atoms with Gasteiger partial charge in [0, 0.05) is 6.54 Å². The number of rotatable bonds is 6. The van der Waals surface area contributed by atoms with Gasteiger partial charge < -0.3 is 13.7 Å². The van der Waals surface area contributed by atoms with Crippen LogP contribution in [0.4, 0.5) is 0 Å². The van der Waals surface area contributed by atoms with Crippen LogP contribution in [0.3, 0.4) is 0 Å². The Hall–Kier alpha value is -3.01. The zero-order valence-electron chi connectivity index (χ0n) is 16.7. The standard InChI is InChI=1S/C24H26N2O2/c1-24(2,3)18-11-13-19(14-12-18)27-17-7-15-26-21-9-5-4-8-20(21)25-23(26)22-10-6-16-28-22/h4-6,8-14,16H,7,15,17H2,1-3H3. The lowest BCUT2D eigenvalue weighted by molar-refractivity contribution is 0.302. The van der Waals surface area contributed by atoms with E-state index in [9.17, 15) is 0 Å².